The van der Waals surface area contributed by atoms with Crippen molar-refractivity contribution in [1.82, 2.24) is 0 Å². The van der Waals surface area contributed by atoms with Gasteiger partial charge in [-0.05, 0) is 73.6 Å². The van der Waals surface area contributed by atoms with Crippen molar-refractivity contribution in [3.05, 3.63) is 142 Å². The van der Waals surface area contributed by atoms with Gasteiger partial charge < -0.3 is 19.6 Å². The molecule has 0 radical (unpaired) electrons. The summed E-state index contributed by atoms with van der Waals surface area (Å²) >= 11 is 0. The fraction of sp³-hybridized carbons (Fsp3) is 0.242. The molecule has 0 bridgehead atoms. The van der Waals surface area contributed by atoms with E-state index < -0.39 is 54.7 Å². The second kappa shape index (κ2) is 13.5. The van der Waals surface area contributed by atoms with Crippen LogP contribution in [0.1, 0.15) is 56.6 Å². The lowest BCUT2D eigenvalue weighted by molar-refractivity contribution is 0.0564. The highest BCUT2D eigenvalue weighted by Gasteiger charge is 2.51. The molecule has 0 aliphatic rings. The smallest absolute Gasteiger partial charge is 0.320 e. The zero-order chi connectivity index (χ0) is 34.8. The van der Waals surface area contributed by atoms with E-state index in [2.05, 4.69) is 0 Å². The highest BCUT2D eigenvalue weighted by atomic mass is 31.2. The van der Waals surface area contributed by atoms with E-state index in [1.807, 2.05) is 6.92 Å². The number of benzene rings is 4. The number of rotatable bonds is 13. The Kier molecular flexibility index (Phi) is 10.5. The maximum absolute atomic E-state index is 14.4. The Hall–Kier alpha value is -3.50. The Morgan fingerprint density at radius 3 is 1.51 bits per heavy atom. The van der Waals surface area contributed by atoms with Crippen LogP contribution < -0.4 is 0 Å². The van der Waals surface area contributed by atoms with Gasteiger partial charge in [0.05, 0.1) is 5.41 Å². The summed E-state index contributed by atoms with van der Waals surface area (Å²) in [6.45, 7) is 1.84. The largest absolute Gasteiger partial charge is 0.399 e. The third-order valence-corrected chi connectivity index (χ3v) is 10.0. The Bertz CT molecular complexity index is 1800. The van der Waals surface area contributed by atoms with E-state index in [1.165, 1.54) is 36.4 Å². The summed E-state index contributed by atoms with van der Waals surface area (Å²) in [5, 5.41) is 0. The summed E-state index contributed by atoms with van der Waals surface area (Å²) in [5.41, 5.74) is -9.43. The molecule has 4 aromatic rings. The third kappa shape index (κ3) is 7.81. The number of hydrogen-bond donors (Lipinski definition) is 4. The van der Waals surface area contributed by atoms with Crippen LogP contribution >= 0.6 is 15.2 Å². The van der Waals surface area contributed by atoms with E-state index in [9.17, 15) is 35.9 Å². The van der Waals surface area contributed by atoms with Crippen molar-refractivity contribution < 1.29 is 55.5 Å². The normalized spacial score (nSPS) is 14.1. The minimum absolute atomic E-state index is 0.0541. The second-order valence-corrected chi connectivity index (χ2v) is 14.7. The average Bonchev–Trinajstić information content (AvgIpc) is 3.00. The van der Waals surface area contributed by atoms with Crippen LogP contribution in [0.5, 0.6) is 0 Å². The van der Waals surface area contributed by atoms with E-state index in [4.69, 9.17) is 19.6 Å². The monoisotopic (exact) mass is 696 g/mol. The van der Waals surface area contributed by atoms with E-state index >= 15 is 0 Å². The first kappa shape index (κ1) is 36.3. The van der Waals surface area contributed by atoms with Crippen molar-refractivity contribution >= 4 is 21.0 Å². The lowest BCUT2D eigenvalue weighted by Gasteiger charge is -2.34. The topological polar surface area (TPSA) is 132 Å². The minimum atomic E-state index is -5.82. The number of ketones is 1. The number of aryl methyl sites for hydroxylation is 2. The number of carbonyl (C=O) groups excluding carboxylic acids is 1. The molecule has 0 aliphatic carbocycles. The molecular weight excluding hydrogens is 665 g/mol. The molecule has 7 nitrogen and oxygen atoms in total. The molecule has 0 heterocycles. The quantitative estimate of drug-likeness (QED) is 0.0633. The molecule has 0 saturated carbocycles. The maximum Gasteiger partial charge on any atom is 0.399 e. The van der Waals surface area contributed by atoms with Gasteiger partial charge in [0.1, 0.15) is 5.82 Å². The standard InChI is InChI=1S/C33H31F5O7P2/c1-22-4-12-26(13-5-22)31(30(39)25-10-18-29(34)19-11-25,21-24-8-16-28(17-9-24)33(37,38)47(43,44)45)20-2-3-23-6-14-27(15-7-23)32(35,36)46(40,41)42/h4-19H,2-3,20-21H2,1H3,(H2,40,41,42)(H2,43,44,45). The minimum Gasteiger partial charge on any atom is -0.320 e. The number of Topliss-reactive ketones (excluding diaryl/α,β-unsaturated/α-hetero) is 1. The molecule has 0 aliphatic heterocycles. The van der Waals surface area contributed by atoms with Gasteiger partial charge in [0.2, 0.25) is 0 Å². The Balaban J connectivity index is 1.74. The molecule has 0 fully saturated rings. The Morgan fingerprint density at radius 2 is 1.06 bits per heavy atom. The summed E-state index contributed by atoms with van der Waals surface area (Å²) in [5.74, 6) is -0.987. The summed E-state index contributed by atoms with van der Waals surface area (Å²) < 4.78 is 93.5. The van der Waals surface area contributed by atoms with Gasteiger partial charge in [0.15, 0.2) is 5.78 Å². The fourth-order valence-electron chi connectivity index (χ4n) is 5.38. The SMILES string of the molecule is Cc1ccc(C(CCCc2ccc(C(F)(F)P(=O)(O)O)cc2)(Cc2ccc(C(F)(F)P(=O)(O)O)cc2)C(=O)c2ccc(F)cc2)cc1. The van der Waals surface area contributed by atoms with Crippen molar-refractivity contribution in [2.75, 3.05) is 0 Å². The van der Waals surface area contributed by atoms with Gasteiger partial charge in [-0.25, -0.2) is 4.39 Å². The Labute approximate surface area is 267 Å². The van der Waals surface area contributed by atoms with Crippen LogP contribution in [0.2, 0.25) is 0 Å². The molecule has 250 valence electrons. The lowest BCUT2D eigenvalue weighted by Crippen LogP contribution is -2.39. The van der Waals surface area contributed by atoms with Crippen molar-refractivity contribution in [3.8, 4) is 0 Å². The van der Waals surface area contributed by atoms with Crippen LogP contribution in [0.3, 0.4) is 0 Å². The van der Waals surface area contributed by atoms with E-state index in [-0.39, 0.29) is 31.2 Å². The summed E-state index contributed by atoms with van der Waals surface area (Å²) in [6, 6.07) is 20.6. The zero-order valence-electron chi connectivity index (χ0n) is 24.9. The number of carbonyl (C=O) groups is 1. The predicted molar refractivity (Wildman–Crippen MR) is 165 cm³/mol. The van der Waals surface area contributed by atoms with Crippen LogP contribution in [0.4, 0.5) is 22.0 Å². The van der Waals surface area contributed by atoms with E-state index in [0.29, 0.717) is 16.7 Å². The van der Waals surface area contributed by atoms with Gasteiger partial charge in [-0.15, -0.1) is 0 Å². The second-order valence-electron chi connectivity index (χ2n) is 11.4. The van der Waals surface area contributed by atoms with E-state index in [1.54, 1.807) is 24.3 Å². The number of alkyl halides is 4. The highest BCUT2D eigenvalue weighted by Crippen LogP contribution is 2.60. The average molecular weight is 697 g/mol. The fourth-order valence-corrected chi connectivity index (χ4v) is 6.35. The first-order valence-corrected chi connectivity index (χ1v) is 17.4. The molecule has 1 atom stereocenters. The summed E-state index contributed by atoms with van der Waals surface area (Å²) in [7, 11) is -11.6. The van der Waals surface area contributed by atoms with Crippen molar-refractivity contribution in [2.24, 2.45) is 0 Å². The van der Waals surface area contributed by atoms with Crippen LogP contribution in [-0.2, 0) is 38.7 Å². The Morgan fingerprint density at radius 1 is 0.638 bits per heavy atom. The van der Waals surface area contributed by atoms with Crippen molar-refractivity contribution in [3.63, 3.8) is 0 Å². The third-order valence-electron chi connectivity index (χ3n) is 8.05. The van der Waals surface area contributed by atoms with Crippen molar-refractivity contribution in [1.29, 1.82) is 0 Å². The molecule has 0 aromatic heterocycles. The predicted octanol–water partition coefficient (Wildman–Crippen LogP) is 7.97. The molecule has 14 heteroatoms. The van der Waals surface area contributed by atoms with Crippen molar-refractivity contribution in [2.45, 2.75) is 49.3 Å². The van der Waals surface area contributed by atoms with Crippen LogP contribution in [-0.4, -0.2) is 25.4 Å². The first-order valence-electron chi connectivity index (χ1n) is 14.2. The molecule has 4 rings (SSSR count). The lowest BCUT2D eigenvalue weighted by atomic mass is 9.67. The summed E-state index contributed by atoms with van der Waals surface area (Å²) in [4.78, 5) is 50.8. The van der Waals surface area contributed by atoms with E-state index in [0.717, 1.165) is 42.0 Å². The highest BCUT2D eigenvalue weighted by molar-refractivity contribution is 7.52. The molecule has 1 unspecified atom stereocenters. The van der Waals surface area contributed by atoms with Gasteiger partial charge in [0.25, 0.3) is 0 Å². The van der Waals surface area contributed by atoms with Crippen LogP contribution in [0.25, 0.3) is 0 Å². The van der Waals surface area contributed by atoms with Gasteiger partial charge in [0, 0.05) is 16.7 Å². The molecule has 47 heavy (non-hydrogen) atoms. The van der Waals surface area contributed by atoms with Gasteiger partial charge in [-0.1, -0.05) is 78.4 Å². The zero-order valence-corrected chi connectivity index (χ0v) is 26.7. The molecular formula is C33H31F5O7P2. The molecule has 4 aromatic carbocycles. The number of halogens is 5. The molecule has 0 spiro atoms. The van der Waals surface area contributed by atoms with Crippen LogP contribution in [0.15, 0.2) is 97.1 Å². The van der Waals surface area contributed by atoms with Gasteiger partial charge >= 0.3 is 26.5 Å². The first-order chi connectivity index (χ1) is 21.8. The molecule has 0 saturated heterocycles. The maximum atomic E-state index is 14.4. The number of hydrogen-bond acceptors (Lipinski definition) is 3. The summed E-state index contributed by atoms with van der Waals surface area (Å²) in [6.07, 6.45) is 0.609. The molecule has 4 N–H and O–H groups in total. The van der Waals surface area contributed by atoms with Gasteiger partial charge in [-0.2, -0.15) is 17.6 Å². The van der Waals surface area contributed by atoms with Gasteiger partial charge in [-0.3, -0.25) is 13.9 Å². The van der Waals surface area contributed by atoms with Crippen LogP contribution in [0, 0.1) is 12.7 Å². The molecule has 0 amide bonds.